The maximum Gasteiger partial charge on any atom is 0.306 e. The fraction of sp³-hybridized carbons (Fsp3) is 0.500. The van der Waals surface area contributed by atoms with E-state index >= 15 is 0 Å². The van der Waals surface area contributed by atoms with Crippen LogP contribution in [-0.2, 0) is 25.5 Å². The smallest absolute Gasteiger partial charge is 0.306 e. The molecule has 0 saturated carbocycles. The number of hydrazine groups is 1. The number of hydrogen-bond acceptors (Lipinski definition) is 5. The highest BCUT2D eigenvalue weighted by molar-refractivity contribution is 5.87. The van der Waals surface area contributed by atoms with Crippen molar-refractivity contribution >= 4 is 17.8 Å². The van der Waals surface area contributed by atoms with E-state index in [1.54, 1.807) is 20.8 Å². The molecule has 0 aromatic heterocycles. The van der Waals surface area contributed by atoms with E-state index in [0.717, 1.165) is 5.56 Å². The van der Waals surface area contributed by atoms with Gasteiger partial charge in [0.1, 0.15) is 11.6 Å². The standard InChI is InChI=1S/C18H27N3O4/c1-18(2,3)25-16(23)12-10-14(17(24)21-19)20-15(22)11-9-13-7-5-4-6-8-13/h4-8,14H,9-12,19H2,1-3H3,(H,20,22)(H,21,24). The summed E-state index contributed by atoms with van der Waals surface area (Å²) >= 11 is 0. The zero-order valence-corrected chi connectivity index (χ0v) is 15.0. The SMILES string of the molecule is CC(C)(C)OC(=O)CCC(NC(=O)CCc1ccccc1)C(=O)NN. The lowest BCUT2D eigenvalue weighted by atomic mass is 10.1. The van der Waals surface area contributed by atoms with E-state index in [1.807, 2.05) is 35.8 Å². The molecule has 1 aromatic carbocycles. The topological polar surface area (TPSA) is 111 Å². The third kappa shape index (κ3) is 8.85. The van der Waals surface area contributed by atoms with Gasteiger partial charge in [0, 0.05) is 12.8 Å². The van der Waals surface area contributed by atoms with Crippen LogP contribution in [-0.4, -0.2) is 29.4 Å². The van der Waals surface area contributed by atoms with Crippen molar-refractivity contribution in [1.29, 1.82) is 0 Å². The van der Waals surface area contributed by atoms with Gasteiger partial charge in [0.25, 0.3) is 5.91 Å². The number of amides is 2. The first-order chi connectivity index (χ1) is 11.7. The van der Waals surface area contributed by atoms with Gasteiger partial charge in [-0.25, -0.2) is 5.84 Å². The van der Waals surface area contributed by atoms with Crippen molar-refractivity contribution in [2.75, 3.05) is 0 Å². The Labute approximate surface area is 148 Å². The Bertz CT molecular complexity index is 582. The molecule has 0 fully saturated rings. The molecule has 0 spiro atoms. The number of esters is 1. The molecule has 1 unspecified atom stereocenters. The maximum atomic E-state index is 12.1. The lowest BCUT2D eigenvalue weighted by molar-refractivity contribution is -0.155. The molecule has 1 rings (SSSR count). The minimum atomic E-state index is -0.874. The molecular weight excluding hydrogens is 322 g/mol. The summed E-state index contributed by atoms with van der Waals surface area (Å²) in [6.45, 7) is 5.29. The molecular formula is C18H27N3O4. The highest BCUT2D eigenvalue weighted by atomic mass is 16.6. The summed E-state index contributed by atoms with van der Waals surface area (Å²) in [6.07, 6.45) is 0.934. The number of carbonyl (C=O) groups excluding carboxylic acids is 3. The number of nitrogens with two attached hydrogens (primary N) is 1. The van der Waals surface area contributed by atoms with Crippen LogP contribution in [0.3, 0.4) is 0 Å². The van der Waals surface area contributed by atoms with E-state index in [-0.39, 0.29) is 25.2 Å². The number of rotatable bonds is 8. The normalized spacial score (nSPS) is 12.2. The third-order valence-corrected chi connectivity index (χ3v) is 3.33. The number of benzene rings is 1. The van der Waals surface area contributed by atoms with E-state index < -0.39 is 23.5 Å². The molecule has 4 N–H and O–H groups in total. The molecule has 0 aliphatic rings. The number of carbonyl (C=O) groups is 3. The van der Waals surface area contributed by atoms with Crippen LogP contribution in [0.25, 0.3) is 0 Å². The molecule has 0 saturated heterocycles. The third-order valence-electron chi connectivity index (χ3n) is 3.33. The quantitative estimate of drug-likeness (QED) is 0.283. The molecule has 0 radical (unpaired) electrons. The summed E-state index contributed by atoms with van der Waals surface area (Å²) in [4.78, 5) is 35.7. The van der Waals surface area contributed by atoms with Crippen molar-refractivity contribution in [3.8, 4) is 0 Å². The molecule has 0 aliphatic carbocycles. The van der Waals surface area contributed by atoms with Gasteiger partial charge in [-0.1, -0.05) is 30.3 Å². The molecule has 7 heteroatoms. The van der Waals surface area contributed by atoms with Crippen LogP contribution in [0.15, 0.2) is 30.3 Å². The lowest BCUT2D eigenvalue weighted by Crippen LogP contribution is -2.49. The van der Waals surface area contributed by atoms with Gasteiger partial charge < -0.3 is 10.1 Å². The van der Waals surface area contributed by atoms with Gasteiger partial charge >= 0.3 is 5.97 Å². The second-order valence-corrected chi connectivity index (χ2v) is 6.74. The van der Waals surface area contributed by atoms with Crippen molar-refractivity contribution in [3.05, 3.63) is 35.9 Å². The Morgan fingerprint density at radius 3 is 2.32 bits per heavy atom. The van der Waals surface area contributed by atoms with Crippen molar-refractivity contribution in [2.24, 2.45) is 5.84 Å². The average molecular weight is 349 g/mol. The highest BCUT2D eigenvalue weighted by Crippen LogP contribution is 2.10. The van der Waals surface area contributed by atoms with Crippen LogP contribution in [0, 0.1) is 0 Å². The van der Waals surface area contributed by atoms with Gasteiger partial charge in [0.15, 0.2) is 0 Å². The molecule has 2 amide bonds. The predicted molar refractivity (Wildman–Crippen MR) is 94.1 cm³/mol. The second kappa shape index (κ2) is 9.78. The molecule has 1 atom stereocenters. The van der Waals surface area contributed by atoms with Crippen LogP contribution in [0.1, 0.15) is 45.6 Å². The molecule has 0 bridgehead atoms. The number of aryl methyl sites for hydroxylation is 1. The van der Waals surface area contributed by atoms with Gasteiger partial charge in [0.05, 0.1) is 0 Å². The van der Waals surface area contributed by atoms with Crippen LogP contribution in [0.4, 0.5) is 0 Å². The average Bonchev–Trinajstić information content (AvgIpc) is 2.55. The van der Waals surface area contributed by atoms with Crippen molar-refractivity contribution in [3.63, 3.8) is 0 Å². The Morgan fingerprint density at radius 1 is 1.12 bits per heavy atom. The number of ether oxygens (including phenoxy) is 1. The molecule has 138 valence electrons. The van der Waals surface area contributed by atoms with E-state index in [4.69, 9.17) is 10.6 Å². The molecule has 1 aromatic rings. The molecule has 0 heterocycles. The van der Waals surface area contributed by atoms with Crippen LogP contribution >= 0.6 is 0 Å². The predicted octanol–water partition coefficient (Wildman–Crippen LogP) is 1.22. The van der Waals surface area contributed by atoms with Gasteiger partial charge in [-0.15, -0.1) is 0 Å². The van der Waals surface area contributed by atoms with Crippen molar-refractivity contribution in [1.82, 2.24) is 10.7 Å². The fourth-order valence-corrected chi connectivity index (χ4v) is 2.19. The Morgan fingerprint density at radius 2 is 1.76 bits per heavy atom. The Hall–Kier alpha value is -2.41. The Kier molecular flexibility index (Phi) is 8.07. The van der Waals surface area contributed by atoms with Crippen LogP contribution < -0.4 is 16.6 Å². The number of nitrogens with one attached hydrogen (secondary N) is 2. The summed E-state index contributed by atoms with van der Waals surface area (Å²) in [5, 5.41) is 2.62. The minimum Gasteiger partial charge on any atom is -0.460 e. The van der Waals surface area contributed by atoms with Crippen LogP contribution in [0.5, 0.6) is 0 Å². The first-order valence-corrected chi connectivity index (χ1v) is 8.27. The van der Waals surface area contributed by atoms with E-state index in [1.165, 1.54) is 0 Å². The molecule has 25 heavy (non-hydrogen) atoms. The van der Waals surface area contributed by atoms with Gasteiger partial charge in [0.2, 0.25) is 5.91 Å². The molecule has 7 nitrogen and oxygen atoms in total. The highest BCUT2D eigenvalue weighted by Gasteiger charge is 2.23. The van der Waals surface area contributed by atoms with E-state index in [9.17, 15) is 14.4 Å². The Balaban J connectivity index is 2.50. The summed E-state index contributed by atoms with van der Waals surface area (Å²) < 4.78 is 5.20. The van der Waals surface area contributed by atoms with Gasteiger partial charge in [-0.05, 0) is 39.2 Å². The largest absolute Gasteiger partial charge is 0.460 e. The number of hydrogen-bond donors (Lipinski definition) is 3. The summed E-state index contributed by atoms with van der Waals surface area (Å²) in [7, 11) is 0. The first-order valence-electron chi connectivity index (χ1n) is 8.27. The first kappa shape index (κ1) is 20.6. The van der Waals surface area contributed by atoms with Crippen molar-refractivity contribution in [2.45, 2.75) is 58.1 Å². The van der Waals surface area contributed by atoms with E-state index in [0.29, 0.717) is 6.42 Å². The zero-order chi connectivity index (χ0) is 18.9. The minimum absolute atomic E-state index is 0.00826. The van der Waals surface area contributed by atoms with Crippen LogP contribution in [0.2, 0.25) is 0 Å². The van der Waals surface area contributed by atoms with Gasteiger partial charge in [-0.2, -0.15) is 0 Å². The zero-order valence-electron chi connectivity index (χ0n) is 15.0. The summed E-state index contributed by atoms with van der Waals surface area (Å²) in [6, 6.07) is 8.69. The monoisotopic (exact) mass is 349 g/mol. The second-order valence-electron chi connectivity index (χ2n) is 6.74. The summed E-state index contributed by atoms with van der Waals surface area (Å²) in [5.41, 5.74) is 2.45. The van der Waals surface area contributed by atoms with E-state index in [2.05, 4.69) is 5.32 Å². The maximum absolute atomic E-state index is 12.1. The summed E-state index contributed by atoms with van der Waals surface area (Å²) in [5.74, 6) is 3.90. The van der Waals surface area contributed by atoms with Crippen molar-refractivity contribution < 1.29 is 19.1 Å². The molecule has 0 aliphatic heterocycles. The fourth-order valence-electron chi connectivity index (χ4n) is 2.19. The van der Waals surface area contributed by atoms with Gasteiger partial charge in [-0.3, -0.25) is 19.8 Å². The lowest BCUT2D eigenvalue weighted by Gasteiger charge is -2.21.